The zero-order valence-electron chi connectivity index (χ0n) is 9.54. The van der Waals surface area contributed by atoms with Crippen molar-refractivity contribution in [3.8, 4) is 0 Å². The molecular weight excluding hydrogens is 301 g/mol. The third kappa shape index (κ3) is 1.63. The smallest absolute Gasteiger partial charge is 0.349 e. The first-order chi connectivity index (χ1) is 8.72. The molecule has 6 heteroatoms. The summed E-state index contributed by atoms with van der Waals surface area (Å²) < 4.78 is 15.7. The second kappa shape index (κ2) is 4.35. The lowest BCUT2D eigenvalue weighted by Crippen LogP contribution is -2.31. The average Bonchev–Trinajstić information content (AvgIpc) is 2.41. The van der Waals surface area contributed by atoms with Crippen molar-refractivity contribution in [1.82, 2.24) is 9.55 Å². The van der Waals surface area contributed by atoms with Gasteiger partial charge in [-0.2, -0.15) is 4.98 Å². The van der Waals surface area contributed by atoms with E-state index < -0.39 is 11.5 Å². The van der Waals surface area contributed by atoms with Crippen molar-refractivity contribution in [1.29, 1.82) is 0 Å². The number of fused-ring (bicyclic) bond motifs is 3. The Morgan fingerprint density at radius 3 is 3.11 bits per heavy atom. The number of nitrogens with zero attached hydrogens (tertiary/aromatic N) is 2. The summed E-state index contributed by atoms with van der Waals surface area (Å²) in [6, 6.07) is 3.53. The number of alkyl halides is 1. The Balaban J connectivity index is 2.40. The van der Waals surface area contributed by atoms with Crippen molar-refractivity contribution in [2.24, 2.45) is 0 Å². The first-order valence-electron chi connectivity index (χ1n) is 5.74. The summed E-state index contributed by atoms with van der Waals surface area (Å²) >= 11 is 3.22. The second-order valence-electron chi connectivity index (χ2n) is 4.24. The molecule has 0 saturated carbocycles. The number of hydrogen-bond acceptors (Lipinski definition) is 3. The quantitative estimate of drug-likeness (QED) is 0.822. The van der Waals surface area contributed by atoms with E-state index in [9.17, 15) is 9.18 Å². The van der Waals surface area contributed by atoms with Crippen LogP contribution in [0, 0.1) is 5.82 Å². The minimum atomic E-state index is -0.419. The first-order valence-corrected chi connectivity index (χ1v) is 6.86. The van der Waals surface area contributed by atoms with Crippen LogP contribution in [0.25, 0.3) is 10.9 Å². The van der Waals surface area contributed by atoms with Crippen LogP contribution >= 0.6 is 15.9 Å². The molecule has 0 radical (unpaired) electrons. The number of hydrogen-bond donors (Lipinski definition) is 1. The molecule has 0 fully saturated rings. The van der Waals surface area contributed by atoms with Crippen LogP contribution in [0.1, 0.15) is 12.0 Å². The van der Waals surface area contributed by atoms with Gasteiger partial charge >= 0.3 is 5.69 Å². The van der Waals surface area contributed by atoms with Crippen LogP contribution < -0.4 is 11.0 Å². The van der Waals surface area contributed by atoms with E-state index in [0.29, 0.717) is 28.6 Å². The van der Waals surface area contributed by atoms with Crippen molar-refractivity contribution in [3.63, 3.8) is 0 Å². The highest BCUT2D eigenvalue weighted by atomic mass is 79.9. The van der Waals surface area contributed by atoms with E-state index in [0.717, 1.165) is 13.0 Å². The highest BCUT2D eigenvalue weighted by Gasteiger charge is 2.18. The lowest BCUT2D eigenvalue weighted by molar-refractivity contribution is 0.593. The maximum absolute atomic E-state index is 14.2. The van der Waals surface area contributed by atoms with Gasteiger partial charge in [0.1, 0.15) is 11.3 Å². The van der Waals surface area contributed by atoms with E-state index in [2.05, 4.69) is 26.2 Å². The largest absolute Gasteiger partial charge is 0.371 e. The van der Waals surface area contributed by atoms with Crippen molar-refractivity contribution in [2.75, 3.05) is 11.9 Å². The third-order valence-corrected chi connectivity index (χ3v) is 3.76. The SMILES string of the molecule is O=c1nc2c(F)c(CBr)ccc2c2n1CCCN2. The zero-order valence-corrected chi connectivity index (χ0v) is 11.1. The van der Waals surface area contributed by atoms with Gasteiger partial charge in [0.05, 0.1) is 0 Å². The van der Waals surface area contributed by atoms with E-state index in [-0.39, 0.29) is 5.52 Å². The lowest BCUT2D eigenvalue weighted by Gasteiger charge is -2.21. The molecule has 1 aromatic heterocycles. The molecule has 0 unspecified atom stereocenters. The topological polar surface area (TPSA) is 46.9 Å². The number of nitrogens with one attached hydrogen (secondary N) is 1. The Morgan fingerprint density at radius 2 is 2.33 bits per heavy atom. The van der Waals surface area contributed by atoms with Gasteiger partial charge in [-0.1, -0.05) is 22.0 Å². The standard InChI is InChI=1S/C12H11BrFN3O/c13-6-7-2-3-8-10(9(7)14)16-12(18)17-5-1-4-15-11(8)17/h2-3,15H,1,4-6H2. The summed E-state index contributed by atoms with van der Waals surface area (Å²) in [5.41, 5.74) is 0.267. The van der Waals surface area contributed by atoms with Crippen LogP contribution in [0.4, 0.5) is 10.2 Å². The summed E-state index contributed by atoms with van der Waals surface area (Å²) in [5.74, 6) is 0.258. The summed E-state index contributed by atoms with van der Waals surface area (Å²) in [6.45, 7) is 1.42. The summed E-state index contributed by atoms with van der Waals surface area (Å²) in [7, 11) is 0. The summed E-state index contributed by atoms with van der Waals surface area (Å²) in [5, 5.41) is 4.22. The van der Waals surface area contributed by atoms with Crippen molar-refractivity contribution in [3.05, 3.63) is 34.0 Å². The number of benzene rings is 1. The van der Waals surface area contributed by atoms with Crippen LogP contribution in [0.3, 0.4) is 0 Å². The molecule has 94 valence electrons. The van der Waals surface area contributed by atoms with Crippen LogP contribution in [0.5, 0.6) is 0 Å². The maximum atomic E-state index is 14.2. The molecule has 3 rings (SSSR count). The van der Waals surface area contributed by atoms with Gasteiger partial charge in [0.25, 0.3) is 0 Å². The van der Waals surface area contributed by atoms with Gasteiger partial charge < -0.3 is 5.32 Å². The monoisotopic (exact) mass is 311 g/mol. The summed E-state index contributed by atoms with van der Waals surface area (Å²) in [6.07, 6.45) is 0.877. The fourth-order valence-corrected chi connectivity index (χ4v) is 2.68. The van der Waals surface area contributed by atoms with Crippen molar-refractivity contribution < 1.29 is 4.39 Å². The van der Waals surface area contributed by atoms with Gasteiger partial charge in [0, 0.05) is 29.4 Å². The van der Waals surface area contributed by atoms with Gasteiger partial charge in [-0.05, 0) is 12.5 Å². The third-order valence-electron chi connectivity index (χ3n) is 3.15. The minimum Gasteiger partial charge on any atom is -0.371 e. The Hall–Kier alpha value is -1.43. The Kier molecular flexibility index (Phi) is 2.81. The predicted molar refractivity (Wildman–Crippen MR) is 71.7 cm³/mol. The fraction of sp³-hybridized carbons (Fsp3) is 0.333. The molecule has 0 amide bonds. The second-order valence-corrected chi connectivity index (χ2v) is 4.80. The molecule has 0 atom stereocenters. The maximum Gasteiger partial charge on any atom is 0.349 e. The minimum absolute atomic E-state index is 0.151. The van der Waals surface area contributed by atoms with E-state index in [4.69, 9.17) is 0 Å². The van der Waals surface area contributed by atoms with Gasteiger partial charge in [-0.25, -0.2) is 9.18 Å². The Labute approximate surface area is 111 Å². The Morgan fingerprint density at radius 1 is 1.50 bits per heavy atom. The molecule has 0 aliphatic carbocycles. The molecule has 1 aliphatic rings. The molecule has 2 aromatic rings. The first kappa shape index (κ1) is 11.6. The number of anilines is 1. The lowest BCUT2D eigenvalue weighted by atomic mass is 10.1. The number of halogens is 2. The van der Waals surface area contributed by atoms with E-state index in [1.165, 1.54) is 0 Å². The van der Waals surface area contributed by atoms with E-state index >= 15 is 0 Å². The highest BCUT2D eigenvalue weighted by molar-refractivity contribution is 9.08. The molecule has 0 saturated heterocycles. The highest BCUT2D eigenvalue weighted by Crippen LogP contribution is 2.27. The molecule has 0 bridgehead atoms. The Bertz CT molecular complexity index is 683. The van der Waals surface area contributed by atoms with Crippen LogP contribution in [-0.2, 0) is 11.9 Å². The van der Waals surface area contributed by atoms with Gasteiger partial charge in [0.2, 0.25) is 0 Å². The summed E-state index contributed by atoms with van der Waals surface area (Å²) in [4.78, 5) is 15.7. The van der Waals surface area contributed by atoms with Crippen molar-refractivity contribution in [2.45, 2.75) is 18.3 Å². The fourth-order valence-electron chi connectivity index (χ4n) is 2.25. The molecule has 1 aliphatic heterocycles. The molecule has 1 aromatic carbocycles. The normalized spacial score (nSPS) is 14.3. The van der Waals surface area contributed by atoms with Crippen LogP contribution in [-0.4, -0.2) is 16.1 Å². The molecule has 4 nitrogen and oxygen atoms in total. The predicted octanol–water partition coefficient (Wildman–Crippen LogP) is 2.25. The van der Waals surface area contributed by atoms with E-state index in [1.54, 1.807) is 10.6 Å². The molecule has 0 spiro atoms. The van der Waals surface area contributed by atoms with E-state index in [1.807, 2.05) is 6.07 Å². The molecule has 2 heterocycles. The average molecular weight is 312 g/mol. The van der Waals surface area contributed by atoms with Gasteiger partial charge in [0.15, 0.2) is 5.82 Å². The van der Waals surface area contributed by atoms with Crippen molar-refractivity contribution >= 4 is 32.7 Å². The van der Waals surface area contributed by atoms with Gasteiger partial charge in [-0.3, -0.25) is 4.57 Å². The van der Waals surface area contributed by atoms with Gasteiger partial charge in [-0.15, -0.1) is 0 Å². The number of aromatic nitrogens is 2. The molecule has 1 N–H and O–H groups in total. The zero-order chi connectivity index (χ0) is 12.7. The molecular formula is C12H11BrFN3O. The number of rotatable bonds is 1. The van der Waals surface area contributed by atoms with Crippen LogP contribution in [0.2, 0.25) is 0 Å². The van der Waals surface area contributed by atoms with Crippen LogP contribution in [0.15, 0.2) is 16.9 Å². The molecule has 18 heavy (non-hydrogen) atoms.